The van der Waals surface area contributed by atoms with Crippen LogP contribution in [0.15, 0.2) is 16.6 Å². The Morgan fingerprint density at radius 1 is 1.10 bits per heavy atom. The Bertz CT molecular complexity index is 1050. The van der Waals surface area contributed by atoms with Crippen LogP contribution >= 0.6 is 12.2 Å². The minimum absolute atomic E-state index is 0.0365. The molecule has 10 heteroatoms. The molecule has 0 saturated carbocycles. The molecule has 0 spiro atoms. The van der Waals surface area contributed by atoms with Gasteiger partial charge in [0.2, 0.25) is 0 Å². The first-order chi connectivity index (χ1) is 18.9. The van der Waals surface area contributed by atoms with Crippen molar-refractivity contribution in [2.75, 3.05) is 21.2 Å². The van der Waals surface area contributed by atoms with E-state index in [2.05, 4.69) is 15.1 Å². The first-order valence-corrected chi connectivity index (χ1v) is 14.9. The van der Waals surface area contributed by atoms with Gasteiger partial charge < -0.3 is 23.8 Å². The van der Waals surface area contributed by atoms with E-state index in [1.165, 1.54) is 0 Å². The number of methoxy groups -OCH3 is 1. The Hall–Kier alpha value is -1.81. The van der Waals surface area contributed by atoms with Gasteiger partial charge in [-0.05, 0) is 90.8 Å². The minimum Gasteiger partial charge on any atom is -0.459 e. The summed E-state index contributed by atoms with van der Waals surface area (Å²) in [6, 6.07) is 0.0365. The lowest BCUT2D eigenvalue weighted by molar-refractivity contribution is -0.289. The number of isothiocyanates is 1. The van der Waals surface area contributed by atoms with Crippen molar-refractivity contribution in [1.29, 1.82) is 0 Å². The standard InChI is InChI=1S/C31H50N2O7S/c1-17-14-30(7,8)27(40-29-26(37-12)23(33(10)11)13-19(3)38-29)20(4)25(35)21(5)28(36)39-22(6)31(9,32-16-41)15-18(2)24(17)34/h15,17,19-23,26-27,29H,13-14H2,1-12H3/b18-15+/t17?,19-,20+,21-,22-,23?,26?,27?,29?,31?/m1/s1. The summed E-state index contributed by atoms with van der Waals surface area (Å²) in [5, 5.41) is 2.36. The maximum absolute atomic E-state index is 13.9. The van der Waals surface area contributed by atoms with E-state index in [-0.39, 0.29) is 23.7 Å². The maximum Gasteiger partial charge on any atom is 0.316 e. The number of ether oxygens (including phenoxy) is 4. The zero-order chi connectivity index (χ0) is 31.4. The Kier molecular flexibility index (Phi) is 12.2. The molecule has 0 bridgehead atoms. The topological polar surface area (TPSA) is 104 Å². The summed E-state index contributed by atoms with van der Waals surface area (Å²) >= 11 is 4.86. The van der Waals surface area contributed by atoms with Crippen molar-refractivity contribution in [3.63, 3.8) is 0 Å². The fourth-order valence-corrected chi connectivity index (χ4v) is 6.51. The number of carbonyl (C=O) groups is 3. The molecule has 0 amide bonds. The molecule has 0 aliphatic carbocycles. The molecule has 2 aliphatic heterocycles. The van der Waals surface area contributed by atoms with E-state index < -0.39 is 59.3 Å². The molecule has 9 nitrogen and oxygen atoms in total. The number of rotatable bonds is 5. The van der Waals surface area contributed by atoms with Crippen LogP contribution in [0.5, 0.6) is 0 Å². The number of carbonyl (C=O) groups excluding carboxylic acids is 3. The van der Waals surface area contributed by atoms with Crippen molar-refractivity contribution >= 4 is 34.9 Å². The molecule has 2 heterocycles. The first kappa shape index (κ1) is 35.4. The number of Topliss-reactive ketones (excluding diaryl/α,β-unsaturated/α-hetero) is 2. The molecule has 2 rings (SSSR count). The van der Waals surface area contributed by atoms with Crippen LogP contribution in [0, 0.1) is 23.2 Å². The average molecular weight is 595 g/mol. The number of thiocarbonyl (C=S) groups is 1. The van der Waals surface area contributed by atoms with Crippen LogP contribution < -0.4 is 0 Å². The van der Waals surface area contributed by atoms with Crippen LogP contribution in [0.4, 0.5) is 0 Å². The predicted octanol–water partition coefficient (Wildman–Crippen LogP) is 4.67. The number of ketones is 2. The van der Waals surface area contributed by atoms with Gasteiger partial charge >= 0.3 is 5.97 Å². The van der Waals surface area contributed by atoms with Gasteiger partial charge in [0.15, 0.2) is 17.9 Å². The average Bonchev–Trinajstić information content (AvgIpc) is 2.88. The zero-order valence-electron chi connectivity index (χ0n) is 26.8. The van der Waals surface area contributed by atoms with Gasteiger partial charge in [0, 0.05) is 25.0 Å². The van der Waals surface area contributed by atoms with E-state index in [9.17, 15) is 14.4 Å². The highest BCUT2D eigenvalue weighted by atomic mass is 32.1. The van der Waals surface area contributed by atoms with E-state index in [1.54, 1.807) is 47.8 Å². The summed E-state index contributed by atoms with van der Waals surface area (Å²) in [5.74, 6) is -3.23. The number of hydrogen-bond donors (Lipinski definition) is 0. The molecule has 0 N–H and O–H groups in total. The van der Waals surface area contributed by atoms with Gasteiger partial charge in [-0.1, -0.05) is 27.7 Å². The number of allylic oxidation sites excluding steroid dienone is 1. The second-order valence-electron chi connectivity index (χ2n) is 13.0. The molecule has 0 radical (unpaired) electrons. The van der Waals surface area contributed by atoms with Crippen molar-refractivity contribution in [1.82, 2.24) is 4.90 Å². The number of hydrogen-bond acceptors (Lipinski definition) is 10. The largest absolute Gasteiger partial charge is 0.459 e. The van der Waals surface area contributed by atoms with E-state index in [4.69, 9.17) is 31.2 Å². The number of nitrogens with zero attached hydrogens (tertiary/aromatic N) is 2. The molecule has 1 fully saturated rings. The van der Waals surface area contributed by atoms with Crippen LogP contribution in [0.2, 0.25) is 0 Å². The summed E-state index contributed by atoms with van der Waals surface area (Å²) in [4.78, 5) is 47.0. The van der Waals surface area contributed by atoms with Gasteiger partial charge in [-0.15, -0.1) is 0 Å². The number of cyclic esters (lactones) is 1. The third-order valence-corrected chi connectivity index (χ3v) is 8.93. The van der Waals surface area contributed by atoms with Crippen molar-refractivity contribution < 1.29 is 33.3 Å². The third-order valence-electron chi connectivity index (χ3n) is 8.84. The van der Waals surface area contributed by atoms with Crippen molar-refractivity contribution in [2.45, 2.75) is 117 Å². The second-order valence-corrected chi connectivity index (χ2v) is 13.2. The Morgan fingerprint density at radius 3 is 2.24 bits per heavy atom. The number of aliphatic imine (C=N–C) groups is 1. The summed E-state index contributed by atoms with van der Waals surface area (Å²) in [7, 11) is 5.61. The van der Waals surface area contributed by atoms with E-state index >= 15 is 0 Å². The van der Waals surface area contributed by atoms with Gasteiger partial charge in [-0.2, -0.15) is 0 Å². The lowest BCUT2D eigenvalue weighted by Gasteiger charge is -2.47. The van der Waals surface area contributed by atoms with Crippen LogP contribution in [0.25, 0.3) is 0 Å². The third kappa shape index (κ3) is 8.18. The van der Waals surface area contributed by atoms with Crippen molar-refractivity contribution in [3.8, 4) is 0 Å². The lowest BCUT2D eigenvalue weighted by Crippen LogP contribution is -2.57. The Morgan fingerprint density at radius 2 is 1.71 bits per heavy atom. The molecule has 6 unspecified atom stereocenters. The highest BCUT2D eigenvalue weighted by molar-refractivity contribution is 7.78. The van der Waals surface area contributed by atoms with Crippen LogP contribution in [0.1, 0.15) is 75.2 Å². The number of likely N-dealkylation sites (N-methyl/N-ethyl adjacent to an activating group) is 1. The molecule has 10 atom stereocenters. The van der Waals surface area contributed by atoms with Crippen molar-refractivity contribution in [2.24, 2.45) is 28.2 Å². The molecular weight excluding hydrogens is 544 g/mol. The van der Waals surface area contributed by atoms with Gasteiger partial charge in [-0.3, -0.25) is 14.4 Å². The SMILES string of the molecule is COC1C(OC2[C@@H](C)C(=O)[C@@H](C)C(=O)O[C@H](C)C(C)(N=C=S)/C=C(\C)C(=O)C(C)CC2(C)C)O[C@H](C)CC1N(C)C. The number of esters is 1. The van der Waals surface area contributed by atoms with E-state index in [0.717, 1.165) is 6.42 Å². The first-order valence-electron chi connectivity index (χ1n) is 14.5. The smallest absolute Gasteiger partial charge is 0.316 e. The van der Waals surface area contributed by atoms with E-state index in [0.29, 0.717) is 12.0 Å². The van der Waals surface area contributed by atoms with Gasteiger partial charge in [0.25, 0.3) is 0 Å². The highest BCUT2D eigenvalue weighted by Gasteiger charge is 2.48. The molecule has 232 valence electrons. The molecule has 1 saturated heterocycles. The fraction of sp³-hybridized carbons (Fsp3) is 0.806. The molecule has 0 aromatic carbocycles. The summed E-state index contributed by atoms with van der Waals surface area (Å²) in [5.41, 5.74) is -1.31. The van der Waals surface area contributed by atoms with Crippen LogP contribution in [-0.2, 0) is 33.3 Å². The highest BCUT2D eigenvalue weighted by Crippen LogP contribution is 2.40. The zero-order valence-corrected chi connectivity index (χ0v) is 27.7. The molecule has 0 aromatic heterocycles. The molecule has 0 aromatic rings. The Balaban J connectivity index is 2.61. The van der Waals surface area contributed by atoms with E-state index in [1.807, 2.05) is 41.8 Å². The fourth-order valence-electron chi connectivity index (χ4n) is 6.31. The molecule has 41 heavy (non-hydrogen) atoms. The van der Waals surface area contributed by atoms with Gasteiger partial charge in [0.1, 0.15) is 23.7 Å². The molecule has 2 aliphatic rings. The normalized spacial score (nSPS) is 40.7. The minimum atomic E-state index is -1.12. The quantitative estimate of drug-likeness (QED) is 0.194. The summed E-state index contributed by atoms with van der Waals surface area (Å²) in [6.45, 7) is 16.3. The van der Waals surface area contributed by atoms with Gasteiger partial charge in [-0.25, -0.2) is 4.99 Å². The summed E-state index contributed by atoms with van der Waals surface area (Å²) < 4.78 is 24.6. The summed E-state index contributed by atoms with van der Waals surface area (Å²) in [6.07, 6.45) is 0.119. The second kappa shape index (κ2) is 14.1. The maximum atomic E-state index is 13.9. The Labute approximate surface area is 251 Å². The monoisotopic (exact) mass is 594 g/mol. The predicted molar refractivity (Wildman–Crippen MR) is 161 cm³/mol. The van der Waals surface area contributed by atoms with Gasteiger partial charge in [0.05, 0.1) is 17.4 Å². The molecular formula is C31H50N2O7S. The lowest BCUT2D eigenvalue weighted by atomic mass is 9.71. The van der Waals surface area contributed by atoms with Crippen LogP contribution in [-0.4, -0.2) is 91.1 Å². The van der Waals surface area contributed by atoms with Crippen LogP contribution in [0.3, 0.4) is 0 Å². The van der Waals surface area contributed by atoms with Crippen molar-refractivity contribution in [3.05, 3.63) is 11.6 Å².